The average molecular weight is 418 g/mol. The van der Waals surface area contributed by atoms with Crippen molar-refractivity contribution < 1.29 is 9.47 Å². The van der Waals surface area contributed by atoms with Crippen LogP contribution < -0.4 is 9.47 Å². The maximum absolute atomic E-state index is 5.48. The van der Waals surface area contributed by atoms with Crippen LogP contribution >= 0.6 is 0 Å². The number of aryl methyl sites for hydroxylation is 1. The molecular weight excluding hydrogens is 390 g/mol. The van der Waals surface area contributed by atoms with Gasteiger partial charge >= 0.3 is 0 Å². The average Bonchev–Trinajstić information content (AvgIpc) is 3.24. The number of rotatable bonds is 5. The highest BCUT2D eigenvalue weighted by Crippen LogP contribution is 2.33. The van der Waals surface area contributed by atoms with E-state index in [2.05, 4.69) is 49.8 Å². The zero-order valence-corrected chi connectivity index (χ0v) is 18.2. The summed E-state index contributed by atoms with van der Waals surface area (Å²) in [6.07, 6.45) is 2.33. The number of aromatic nitrogens is 4. The van der Waals surface area contributed by atoms with E-state index in [1.165, 1.54) is 5.56 Å². The molecule has 2 aromatic carbocycles. The number of nitrogens with zero attached hydrogens (tertiary/aromatic N) is 5. The maximum Gasteiger partial charge on any atom is 0.171 e. The van der Waals surface area contributed by atoms with Gasteiger partial charge in [0.05, 0.1) is 26.3 Å². The Labute approximate surface area is 181 Å². The Hall–Kier alpha value is -3.19. The summed E-state index contributed by atoms with van der Waals surface area (Å²) in [4.78, 5) is 7.26. The van der Waals surface area contributed by atoms with E-state index < -0.39 is 0 Å². The smallest absolute Gasteiger partial charge is 0.171 e. The summed E-state index contributed by atoms with van der Waals surface area (Å²) in [5, 5.41) is 9.96. The monoisotopic (exact) mass is 417 g/mol. The molecule has 1 saturated heterocycles. The summed E-state index contributed by atoms with van der Waals surface area (Å²) in [5.74, 6) is 3.76. The van der Waals surface area contributed by atoms with E-state index in [9.17, 15) is 0 Å². The first-order valence-electron chi connectivity index (χ1n) is 10.7. The first-order chi connectivity index (χ1) is 15.2. The normalized spacial score (nSPS) is 15.6. The minimum atomic E-state index is 0.641. The molecule has 3 heterocycles. The third-order valence-electron chi connectivity index (χ3n) is 6.30. The lowest BCUT2D eigenvalue weighted by molar-refractivity contribution is 0.199. The molecule has 7 heteroatoms. The first-order valence-corrected chi connectivity index (χ1v) is 10.7. The topological polar surface area (TPSA) is 64.8 Å². The zero-order valence-electron chi connectivity index (χ0n) is 18.2. The molecule has 1 fully saturated rings. The number of benzene rings is 2. The number of hydrogen-bond acceptors (Lipinski definition) is 6. The second-order valence-electron chi connectivity index (χ2n) is 8.12. The van der Waals surface area contributed by atoms with Crippen LogP contribution in [0.15, 0.2) is 42.5 Å². The van der Waals surface area contributed by atoms with Crippen molar-refractivity contribution in [2.45, 2.75) is 32.2 Å². The van der Waals surface area contributed by atoms with Gasteiger partial charge in [0.25, 0.3) is 0 Å². The predicted octanol–water partition coefficient (Wildman–Crippen LogP) is 3.98. The lowest BCUT2D eigenvalue weighted by atomic mass is 9.89. The van der Waals surface area contributed by atoms with Crippen molar-refractivity contribution in [3.8, 4) is 11.5 Å². The molecule has 0 bridgehead atoms. The van der Waals surface area contributed by atoms with Gasteiger partial charge in [0, 0.05) is 11.5 Å². The summed E-state index contributed by atoms with van der Waals surface area (Å²) in [7, 11) is 3.27. The van der Waals surface area contributed by atoms with Crippen molar-refractivity contribution in [3.63, 3.8) is 0 Å². The fraction of sp³-hybridized carbons (Fsp3) is 0.375. The fourth-order valence-corrected chi connectivity index (χ4v) is 4.65. The molecule has 5 rings (SSSR count). The van der Waals surface area contributed by atoms with E-state index in [1.807, 2.05) is 19.1 Å². The van der Waals surface area contributed by atoms with E-state index >= 15 is 0 Å². The minimum Gasteiger partial charge on any atom is -0.493 e. The Balaban J connectivity index is 1.41. The van der Waals surface area contributed by atoms with Gasteiger partial charge in [-0.3, -0.25) is 9.30 Å². The molecule has 4 aromatic rings. The molecular formula is C24H27N5O2. The molecule has 1 aliphatic heterocycles. The quantitative estimate of drug-likeness (QED) is 0.489. The van der Waals surface area contributed by atoms with Crippen LogP contribution in [0.1, 0.15) is 36.0 Å². The molecule has 0 unspecified atom stereocenters. The number of piperidine rings is 1. The highest BCUT2D eigenvalue weighted by Gasteiger charge is 2.23. The molecule has 0 saturated carbocycles. The van der Waals surface area contributed by atoms with Crippen molar-refractivity contribution in [2.75, 3.05) is 27.3 Å². The highest BCUT2D eigenvalue weighted by atomic mass is 16.5. The van der Waals surface area contributed by atoms with Crippen molar-refractivity contribution in [2.24, 2.45) is 0 Å². The van der Waals surface area contributed by atoms with E-state index in [4.69, 9.17) is 14.5 Å². The molecule has 0 radical (unpaired) electrons. The number of ether oxygens (including phenoxy) is 2. The van der Waals surface area contributed by atoms with Crippen LogP contribution in [0.3, 0.4) is 0 Å². The van der Waals surface area contributed by atoms with Gasteiger partial charge in [0.15, 0.2) is 23.0 Å². The summed E-state index contributed by atoms with van der Waals surface area (Å²) < 4.78 is 13.0. The Morgan fingerprint density at radius 1 is 0.968 bits per heavy atom. The highest BCUT2D eigenvalue weighted by molar-refractivity contribution is 5.93. The third-order valence-corrected chi connectivity index (χ3v) is 6.30. The molecule has 160 valence electrons. The minimum absolute atomic E-state index is 0.641. The zero-order chi connectivity index (χ0) is 21.4. The van der Waals surface area contributed by atoms with Crippen LogP contribution in [0.4, 0.5) is 0 Å². The summed E-state index contributed by atoms with van der Waals surface area (Å²) in [6, 6.07) is 14.7. The van der Waals surface area contributed by atoms with E-state index in [0.717, 1.165) is 60.7 Å². The first kappa shape index (κ1) is 19.8. The van der Waals surface area contributed by atoms with Crippen molar-refractivity contribution in [1.82, 2.24) is 24.5 Å². The summed E-state index contributed by atoms with van der Waals surface area (Å²) in [5.41, 5.74) is 3.08. The number of methoxy groups -OCH3 is 2. The van der Waals surface area contributed by atoms with Gasteiger partial charge in [0.2, 0.25) is 0 Å². The van der Waals surface area contributed by atoms with Crippen molar-refractivity contribution in [3.05, 3.63) is 59.7 Å². The van der Waals surface area contributed by atoms with E-state index in [0.29, 0.717) is 17.4 Å². The van der Waals surface area contributed by atoms with Gasteiger partial charge in [-0.05, 0) is 50.4 Å². The van der Waals surface area contributed by atoms with Gasteiger partial charge in [-0.15, -0.1) is 10.2 Å². The molecule has 1 aliphatic rings. The standard InChI is InChI=1S/C24H27N5O2/c1-16-25-20-14-22(31-3)21(30-2)13-19(20)24-27-26-23(29(16)24)15-28-11-9-18(10-12-28)17-7-5-4-6-8-17/h4-8,13-14,18H,9-12,15H2,1-3H3. The Morgan fingerprint density at radius 3 is 2.39 bits per heavy atom. The van der Waals surface area contributed by atoms with Gasteiger partial charge in [-0.2, -0.15) is 0 Å². The number of fused-ring (bicyclic) bond motifs is 3. The lowest BCUT2D eigenvalue weighted by Crippen LogP contribution is -2.33. The van der Waals surface area contributed by atoms with Crippen LogP contribution in [-0.2, 0) is 6.54 Å². The Kier molecular flexibility index (Phi) is 5.19. The fourth-order valence-electron chi connectivity index (χ4n) is 4.65. The van der Waals surface area contributed by atoms with Crippen LogP contribution in [0.25, 0.3) is 16.6 Å². The second kappa shape index (κ2) is 8.15. The van der Waals surface area contributed by atoms with Gasteiger partial charge in [-0.25, -0.2) is 4.98 Å². The van der Waals surface area contributed by atoms with Gasteiger partial charge in [-0.1, -0.05) is 30.3 Å². The predicted molar refractivity (Wildman–Crippen MR) is 120 cm³/mol. The van der Waals surface area contributed by atoms with Gasteiger partial charge in [0.1, 0.15) is 5.82 Å². The summed E-state index contributed by atoms with van der Waals surface area (Å²) in [6.45, 7) is 4.88. The molecule has 31 heavy (non-hydrogen) atoms. The maximum atomic E-state index is 5.48. The largest absolute Gasteiger partial charge is 0.493 e. The van der Waals surface area contributed by atoms with Crippen LogP contribution in [-0.4, -0.2) is 51.8 Å². The molecule has 0 atom stereocenters. The third kappa shape index (κ3) is 3.59. The Bertz CT molecular complexity index is 1210. The van der Waals surface area contributed by atoms with Crippen LogP contribution in [0.2, 0.25) is 0 Å². The molecule has 0 aliphatic carbocycles. The SMILES string of the molecule is COc1cc2nc(C)n3c(CN4CCC(c5ccccc5)CC4)nnc3c2cc1OC. The molecule has 0 spiro atoms. The number of likely N-dealkylation sites (tertiary alicyclic amines) is 1. The number of hydrogen-bond donors (Lipinski definition) is 0. The Morgan fingerprint density at radius 2 is 1.68 bits per heavy atom. The van der Waals surface area contributed by atoms with Crippen LogP contribution in [0.5, 0.6) is 11.5 Å². The van der Waals surface area contributed by atoms with E-state index in [-0.39, 0.29) is 0 Å². The van der Waals surface area contributed by atoms with Crippen molar-refractivity contribution >= 4 is 16.6 Å². The second-order valence-corrected chi connectivity index (χ2v) is 8.12. The molecule has 0 N–H and O–H groups in total. The van der Waals surface area contributed by atoms with E-state index in [1.54, 1.807) is 14.2 Å². The molecule has 2 aromatic heterocycles. The van der Waals surface area contributed by atoms with Gasteiger partial charge < -0.3 is 9.47 Å². The molecule has 7 nitrogen and oxygen atoms in total. The van der Waals surface area contributed by atoms with Crippen LogP contribution in [0, 0.1) is 6.92 Å². The lowest BCUT2D eigenvalue weighted by Gasteiger charge is -2.31. The van der Waals surface area contributed by atoms with Crippen molar-refractivity contribution in [1.29, 1.82) is 0 Å². The summed E-state index contributed by atoms with van der Waals surface area (Å²) >= 11 is 0. The molecule has 0 amide bonds.